The van der Waals surface area contributed by atoms with Gasteiger partial charge in [-0.3, -0.25) is 4.79 Å². The molecule has 1 aromatic heterocycles. The van der Waals surface area contributed by atoms with Gasteiger partial charge in [-0.15, -0.1) is 0 Å². The smallest absolute Gasteiger partial charge is 0.305 e. The Bertz CT molecular complexity index is 684. The first-order valence-corrected chi connectivity index (χ1v) is 7.46. The number of hydrogen-bond acceptors (Lipinski definition) is 2. The fourth-order valence-corrected chi connectivity index (χ4v) is 2.49. The molecule has 4 nitrogen and oxygen atoms in total. The lowest BCUT2D eigenvalue weighted by atomic mass is 9.89. The zero-order chi connectivity index (χ0) is 15.8. The van der Waals surface area contributed by atoms with E-state index in [0.29, 0.717) is 6.54 Å². The molecule has 0 aliphatic rings. The van der Waals surface area contributed by atoms with Gasteiger partial charge in [0.05, 0.1) is 17.5 Å². The van der Waals surface area contributed by atoms with Gasteiger partial charge in [-0.1, -0.05) is 20.8 Å². The molecule has 0 bridgehead atoms. The third-order valence-electron chi connectivity index (χ3n) is 4.40. The number of rotatable bonds is 5. The van der Waals surface area contributed by atoms with Crippen LogP contribution in [0, 0.1) is 13.8 Å². The van der Waals surface area contributed by atoms with E-state index < -0.39 is 5.97 Å². The third-order valence-corrected chi connectivity index (χ3v) is 4.40. The predicted molar refractivity (Wildman–Crippen MR) is 84.8 cm³/mol. The van der Waals surface area contributed by atoms with Gasteiger partial charge in [0.2, 0.25) is 0 Å². The van der Waals surface area contributed by atoms with Crippen LogP contribution in [0.25, 0.3) is 11.0 Å². The van der Waals surface area contributed by atoms with E-state index in [1.165, 1.54) is 11.1 Å². The number of imidazole rings is 1. The Labute approximate surface area is 125 Å². The van der Waals surface area contributed by atoms with E-state index in [4.69, 9.17) is 10.1 Å². The number of hydrogen-bond donors (Lipinski definition) is 1. The fourth-order valence-electron chi connectivity index (χ4n) is 2.49. The second-order valence-electron chi connectivity index (χ2n) is 6.39. The SMILES string of the molecule is CCC(C)(C)c1nc2cc(C)c(C)cc2n1CCC(=O)O. The van der Waals surface area contributed by atoms with Crippen LogP contribution in [0.4, 0.5) is 0 Å². The van der Waals surface area contributed by atoms with Crippen LogP contribution in [-0.4, -0.2) is 20.6 Å². The first-order chi connectivity index (χ1) is 9.76. The standard InChI is InChI=1S/C17H24N2O2/c1-6-17(4,5)16-18-13-9-11(2)12(3)10-14(13)19(16)8-7-15(20)21/h9-10H,6-8H2,1-5H3,(H,20,21). The highest BCUT2D eigenvalue weighted by atomic mass is 16.4. The maximum atomic E-state index is 10.9. The molecule has 21 heavy (non-hydrogen) atoms. The Hall–Kier alpha value is -1.84. The van der Waals surface area contributed by atoms with Gasteiger partial charge in [-0.2, -0.15) is 0 Å². The van der Waals surface area contributed by atoms with Crippen LogP contribution >= 0.6 is 0 Å². The average Bonchev–Trinajstić information content (AvgIpc) is 2.75. The molecule has 0 fully saturated rings. The zero-order valence-electron chi connectivity index (χ0n) is 13.5. The number of nitrogens with zero attached hydrogens (tertiary/aromatic N) is 2. The zero-order valence-corrected chi connectivity index (χ0v) is 13.5. The Morgan fingerprint density at radius 3 is 2.48 bits per heavy atom. The summed E-state index contributed by atoms with van der Waals surface area (Å²) in [5.74, 6) is 0.201. The number of aryl methyl sites for hydroxylation is 3. The molecule has 0 saturated carbocycles. The van der Waals surface area contributed by atoms with E-state index in [1.54, 1.807) is 0 Å². The molecule has 0 spiro atoms. The Morgan fingerprint density at radius 2 is 1.90 bits per heavy atom. The Balaban J connectivity index is 2.65. The number of fused-ring (bicyclic) bond motifs is 1. The molecular formula is C17H24N2O2. The maximum Gasteiger partial charge on any atom is 0.305 e. The highest BCUT2D eigenvalue weighted by Crippen LogP contribution is 2.30. The lowest BCUT2D eigenvalue weighted by molar-refractivity contribution is -0.137. The first kappa shape index (κ1) is 15.5. The van der Waals surface area contributed by atoms with E-state index in [1.807, 2.05) is 0 Å². The average molecular weight is 288 g/mol. The second kappa shape index (κ2) is 5.51. The van der Waals surface area contributed by atoms with Gasteiger partial charge in [0.15, 0.2) is 0 Å². The summed E-state index contributed by atoms with van der Waals surface area (Å²) >= 11 is 0. The van der Waals surface area contributed by atoms with Gasteiger partial charge in [0, 0.05) is 12.0 Å². The first-order valence-electron chi connectivity index (χ1n) is 7.46. The molecule has 0 saturated heterocycles. The van der Waals surface area contributed by atoms with Crippen LogP contribution in [0.1, 0.15) is 50.6 Å². The minimum atomic E-state index is -0.777. The van der Waals surface area contributed by atoms with Crippen LogP contribution in [0.15, 0.2) is 12.1 Å². The molecule has 2 aromatic rings. The van der Waals surface area contributed by atoms with Gasteiger partial charge in [-0.05, 0) is 43.5 Å². The number of carbonyl (C=O) groups is 1. The molecule has 2 rings (SSSR count). The van der Waals surface area contributed by atoms with Crippen molar-refractivity contribution >= 4 is 17.0 Å². The number of carboxylic acids is 1. The van der Waals surface area contributed by atoms with E-state index in [2.05, 4.69) is 51.3 Å². The van der Waals surface area contributed by atoms with Crippen molar-refractivity contribution in [2.75, 3.05) is 0 Å². The van der Waals surface area contributed by atoms with Gasteiger partial charge >= 0.3 is 5.97 Å². The van der Waals surface area contributed by atoms with Crippen molar-refractivity contribution in [3.05, 3.63) is 29.1 Å². The van der Waals surface area contributed by atoms with E-state index in [-0.39, 0.29) is 11.8 Å². The molecule has 0 radical (unpaired) electrons. The Kier molecular flexibility index (Phi) is 4.08. The summed E-state index contributed by atoms with van der Waals surface area (Å²) in [7, 11) is 0. The van der Waals surface area contributed by atoms with Crippen LogP contribution in [0.2, 0.25) is 0 Å². The summed E-state index contributed by atoms with van der Waals surface area (Å²) in [5, 5.41) is 9.00. The molecule has 4 heteroatoms. The molecule has 0 atom stereocenters. The maximum absolute atomic E-state index is 10.9. The largest absolute Gasteiger partial charge is 0.481 e. The molecular weight excluding hydrogens is 264 g/mol. The number of aliphatic carboxylic acids is 1. The van der Waals surface area contributed by atoms with E-state index in [0.717, 1.165) is 23.3 Å². The Morgan fingerprint density at radius 1 is 1.29 bits per heavy atom. The quantitative estimate of drug-likeness (QED) is 0.910. The normalized spacial score (nSPS) is 12.0. The summed E-state index contributed by atoms with van der Waals surface area (Å²) in [4.78, 5) is 15.8. The topological polar surface area (TPSA) is 55.1 Å². The lowest BCUT2D eigenvalue weighted by Crippen LogP contribution is -2.22. The van der Waals surface area contributed by atoms with Crippen molar-refractivity contribution in [2.24, 2.45) is 0 Å². The molecule has 1 aromatic carbocycles. The molecule has 0 aliphatic heterocycles. The molecule has 1 N–H and O–H groups in total. The number of benzene rings is 1. The number of aromatic nitrogens is 2. The van der Waals surface area contributed by atoms with Gasteiger partial charge in [0.1, 0.15) is 5.82 Å². The van der Waals surface area contributed by atoms with E-state index >= 15 is 0 Å². The third kappa shape index (κ3) is 2.94. The van der Waals surface area contributed by atoms with Gasteiger partial charge < -0.3 is 9.67 Å². The van der Waals surface area contributed by atoms with Crippen LogP contribution in [0.3, 0.4) is 0 Å². The van der Waals surface area contributed by atoms with Crippen molar-refractivity contribution < 1.29 is 9.90 Å². The highest BCUT2D eigenvalue weighted by molar-refractivity contribution is 5.78. The number of carboxylic acid groups (broad SMARTS) is 1. The monoisotopic (exact) mass is 288 g/mol. The van der Waals surface area contributed by atoms with Crippen molar-refractivity contribution in [1.29, 1.82) is 0 Å². The molecule has 0 amide bonds. The van der Waals surface area contributed by atoms with Crippen molar-refractivity contribution in [1.82, 2.24) is 9.55 Å². The second-order valence-corrected chi connectivity index (χ2v) is 6.39. The molecule has 1 heterocycles. The van der Waals surface area contributed by atoms with Crippen LogP contribution < -0.4 is 0 Å². The van der Waals surface area contributed by atoms with E-state index in [9.17, 15) is 4.79 Å². The molecule has 0 unspecified atom stereocenters. The van der Waals surface area contributed by atoms with Crippen molar-refractivity contribution in [2.45, 2.75) is 59.4 Å². The summed E-state index contributed by atoms with van der Waals surface area (Å²) in [6.45, 7) is 11.1. The summed E-state index contributed by atoms with van der Waals surface area (Å²) in [6.07, 6.45) is 1.08. The van der Waals surface area contributed by atoms with Gasteiger partial charge in [0.25, 0.3) is 0 Å². The summed E-state index contributed by atoms with van der Waals surface area (Å²) in [6, 6.07) is 4.21. The minimum absolute atomic E-state index is 0.0701. The predicted octanol–water partition coefficient (Wildman–Crippen LogP) is 3.82. The minimum Gasteiger partial charge on any atom is -0.481 e. The summed E-state index contributed by atoms with van der Waals surface area (Å²) < 4.78 is 2.08. The molecule has 114 valence electrons. The van der Waals surface area contributed by atoms with Crippen LogP contribution in [0.5, 0.6) is 0 Å². The van der Waals surface area contributed by atoms with Gasteiger partial charge in [-0.25, -0.2) is 4.98 Å². The fraction of sp³-hybridized carbons (Fsp3) is 0.529. The van der Waals surface area contributed by atoms with Crippen molar-refractivity contribution in [3.63, 3.8) is 0 Å². The lowest BCUT2D eigenvalue weighted by Gasteiger charge is -2.23. The van der Waals surface area contributed by atoms with Crippen molar-refractivity contribution in [3.8, 4) is 0 Å². The summed E-state index contributed by atoms with van der Waals surface area (Å²) in [5.41, 5.74) is 4.35. The molecule has 0 aliphatic carbocycles. The highest BCUT2D eigenvalue weighted by Gasteiger charge is 2.26. The van der Waals surface area contributed by atoms with Crippen LogP contribution in [-0.2, 0) is 16.8 Å².